The maximum Gasteiger partial charge on any atom is 0.313 e. The zero-order chi connectivity index (χ0) is 14.8. The average molecular weight is 275 g/mol. The topological polar surface area (TPSA) is 52.3 Å². The van der Waals surface area contributed by atoms with E-state index < -0.39 is 5.41 Å². The Balaban J connectivity index is 2.33. The summed E-state index contributed by atoms with van der Waals surface area (Å²) in [5.41, 5.74) is 9.13. The lowest BCUT2D eigenvalue weighted by Crippen LogP contribution is -2.42. The van der Waals surface area contributed by atoms with E-state index >= 15 is 0 Å². The zero-order valence-electron chi connectivity index (χ0n) is 12.7. The van der Waals surface area contributed by atoms with E-state index in [2.05, 4.69) is 32.0 Å². The number of hydrogen-bond donors (Lipinski definition) is 1. The van der Waals surface area contributed by atoms with Crippen LogP contribution in [0.15, 0.2) is 18.2 Å². The molecule has 0 saturated heterocycles. The van der Waals surface area contributed by atoms with Gasteiger partial charge in [0.2, 0.25) is 0 Å². The van der Waals surface area contributed by atoms with Gasteiger partial charge in [-0.2, -0.15) is 0 Å². The summed E-state index contributed by atoms with van der Waals surface area (Å²) in [7, 11) is 1.46. The largest absolute Gasteiger partial charge is 0.469 e. The summed E-state index contributed by atoms with van der Waals surface area (Å²) in [6.07, 6.45) is 3.96. The van der Waals surface area contributed by atoms with Crippen LogP contribution < -0.4 is 5.73 Å². The predicted molar refractivity (Wildman–Crippen MR) is 80.5 cm³/mol. The van der Waals surface area contributed by atoms with Crippen molar-refractivity contribution in [3.05, 3.63) is 34.9 Å². The SMILES string of the molecule is COC(=O)C(CN)(Cc1c(C)cccc1C)CC1CC1. The maximum absolute atomic E-state index is 12.4. The lowest BCUT2D eigenvalue weighted by atomic mass is 9.75. The number of aryl methyl sites for hydroxylation is 2. The lowest BCUT2D eigenvalue weighted by molar-refractivity contribution is -0.153. The number of ether oxygens (including phenoxy) is 1. The molecule has 1 fully saturated rings. The van der Waals surface area contributed by atoms with Crippen molar-refractivity contribution in [3.63, 3.8) is 0 Å². The van der Waals surface area contributed by atoms with Gasteiger partial charge in [-0.3, -0.25) is 4.79 Å². The molecule has 0 radical (unpaired) electrons. The van der Waals surface area contributed by atoms with E-state index in [1.165, 1.54) is 36.6 Å². The van der Waals surface area contributed by atoms with Crippen LogP contribution >= 0.6 is 0 Å². The number of nitrogens with two attached hydrogens (primary N) is 1. The molecular formula is C17H25NO2. The lowest BCUT2D eigenvalue weighted by Gasteiger charge is -2.31. The predicted octanol–water partition coefficient (Wildman–Crippen LogP) is 2.76. The minimum Gasteiger partial charge on any atom is -0.469 e. The first-order valence-electron chi connectivity index (χ1n) is 7.36. The van der Waals surface area contributed by atoms with Crippen LogP contribution in [0.1, 0.15) is 36.0 Å². The van der Waals surface area contributed by atoms with Gasteiger partial charge in [0, 0.05) is 6.54 Å². The van der Waals surface area contributed by atoms with E-state index in [9.17, 15) is 4.79 Å². The van der Waals surface area contributed by atoms with Crippen LogP contribution in [0.4, 0.5) is 0 Å². The molecule has 0 heterocycles. The van der Waals surface area contributed by atoms with Crippen molar-refractivity contribution in [2.45, 2.75) is 39.5 Å². The Hall–Kier alpha value is -1.35. The number of hydrogen-bond acceptors (Lipinski definition) is 3. The fraction of sp³-hybridized carbons (Fsp3) is 0.588. The molecule has 0 aliphatic heterocycles. The quantitative estimate of drug-likeness (QED) is 0.812. The van der Waals surface area contributed by atoms with Gasteiger partial charge in [0.05, 0.1) is 12.5 Å². The molecule has 1 aliphatic rings. The zero-order valence-corrected chi connectivity index (χ0v) is 12.7. The van der Waals surface area contributed by atoms with Gasteiger partial charge in [-0.25, -0.2) is 0 Å². The molecule has 20 heavy (non-hydrogen) atoms. The molecule has 1 aromatic carbocycles. The third kappa shape index (κ3) is 3.04. The van der Waals surface area contributed by atoms with Crippen molar-refractivity contribution >= 4 is 5.97 Å². The average Bonchev–Trinajstić information content (AvgIpc) is 3.24. The number of carbonyl (C=O) groups is 1. The second kappa shape index (κ2) is 5.96. The van der Waals surface area contributed by atoms with E-state index in [1.807, 2.05) is 0 Å². The Bertz CT molecular complexity index is 474. The van der Waals surface area contributed by atoms with Gasteiger partial charge in [-0.05, 0) is 49.3 Å². The van der Waals surface area contributed by atoms with Crippen molar-refractivity contribution in [2.75, 3.05) is 13.7 Å². The highest BCUT2D eigenvalue weighted by atomic mass is 16.5. The molecule has 2 N–H and O–H groups in total. The summed E-state index contributed by atoms with van der Waals surface area (Å²) in [6.45, 7) is 4.54. The molecule has 0 spiro atoms. The summed E-state index contributed by atoms with van der Waals surface area (Å²) in [5.74, 6) is 0.483. The number of rotatable bonds is 6. The third-order valence-corrected chi connectivity index (χ3v) is 4.55. The number of carbonyl (C=O) groups excluding carboxylic acids is 1. The third-order valence-electron chi connectivity index (χ3n) is 4.55. The van der Waals surface area contributed by atoms with Crippen molar-refractivity contribution in [3.8, 4) is 0 Å². The van der Waals surface area contributed by atoms with Crippen molar-refractivity contribution < 1.29 is 9.53 Å². The molecule has 3 nitrogen and oxygen atoms in total. The van der Waals surface area contributed by atoms with Gasteiger partial charge in [-0.1, -0.05) is 31.0 Å². The molecule has 0 aromatic heterocycles. The molecule has 3 heteroatoms. The van der Waals surface area contributed by atoms with E-state index in [0.29, 0.717) is 18.9 Å². The normalized spacial score (nSPS) is 17.6. The first-order valence-corrected chi connectivity index (χ1v) is 7.36. The molecule has 1 atom stereocenters. The minimum atomic E-state index is -0.563. The first kappa shape index (κ1) is 15.0. The molecule has 1 unspecified atom stereocenters. The standard InChI is InChI=1S/C17H25NO2/c1-12-5-4-6-13(2)15(12)10-17(11-18,16(19)20-3)9-14-7-8-14/h4-6,14H,7-11,18H2,1-3H3. The van der Waals surface area contributed by atoms with Gasteiger partial charge >= 0.3 is 5.97 Å². The van der Waals surface area contributed by atoms with Gasteiger partial charge in [0.25, 0.3) is 0 Å². The highest BCUT2D eigenvalue weighted by Crippen LogP contribution is 2.43. The van der Waals surface area contributed by atoms with Crippen LogP contribution in [0.5, 0.6) is 0 Å². The molecular weight excluding hydrogens is 250 g/mol. The van der Waals surface area contributed by atoms with Crippen molar-refractivity contribution in [1.29, 1.82) is 0 Å². The summed E-state index contributed by atoms with van der Waals surface area (Å²) < 4.78 is 5.07. The number of benzene rings is 1. The second-order valence-corrected chi connectivity index (χ2v) is 6.17. The van der Waals surface area contributed by atoms with Gasteiger partial charge < -0.3 is 10.5 Å². The Kier molecular flexibility index (Phi) is 4.48. The monoisotopic (exact) mass is 275 g/mol. The summed E-state index contributed by atoms with van der Waals surface area (Å²) >= 11 is 0. The maximum atomic E-state index is 12.4. The van der Waals surface area contributed by atoms with Crippen LogP contribution in [-0.2, 0) is 16.0 Å². The molecule has 0 bridgehead atoms. The van der Waals surface area contributed by atoms with Crippen LogP contribution in [0.2, 0.25) is 0 Å². The van der Waals surface area contributed by atoms with Gasteiger partial charge in [-0.15, -0.1) is 0 Å². The fourth-order valence-electron chi connectivity index (χ4n) is 3.02. The van der Waals surface area contributed by atoms with Crippen LogP contribution in [0.3, 0.4) is 0 Å². The molecule has 1 saturated carbocycles. The summed E-state index contributed by atoms with van der Waals surface area (Å²) in [6, 6.07) is 6.24. The van der Waals surface area contributed by atoms with Crippen molar-refractivity contribution in [1.82, 2.24) is 0 Å². The number of methoxy groups -OCH3 is 1. The number of esters is 1. The molecule has 1 aromatic rings. The fourth-order valence-corrected chi connectivity index (χ4v) is 3.02. The summed E-state index contributed by atoms with van der Waals surface area (Å²) in [4.78, 5) is 12.4. The molecule has 2 rings (SSSR count). The first-order chi connectivity index (χ1) is 9.52. The van der Waals surface area contributed by atoms with Crippen LogP contribution in [0, 0.1) is 25.2 Å². The smallest absolute Gasteiger partial charge is 0.313 e. The highest BCUT2D eigenvalue weighted by molar-refractivity contribution is 5.77. The minimum absolute atomic E-state index is 0.158. The molecule has 110 valence electrons. The Morgan fingerprint density at radius 3 is 2.40 bits per heavy atom. The Labute approximate surface area is 121 Å². The second-order valence-electron chi connectivity index (χ2n) is 6.17. The van der Waals surface area contributed by atoms with Crippen molar-refractivity contribution in [2.24, 2.45) is 17.1 Å². The van der Waals surface area contributed by atoms with Gasteiger partial charge in [0.1, 0.15) is 0 Å². The van der Waals surface area contributed by atoms with Crippen LogP contribution in [0.25, 0.3) is 0 Å². The summed E-state index contributed by atoms with van der Waals surface area (Å²) in [5, 5.41) is 0. The highest BCUT2D eigenvalue weighted by Gasteiger charge is 2.43. The Morgan fingerprint density at radius 2 is 1.95 bits per heavy atom. The van der Waals surface area contributed by atoms with E-state index in [1.54, 1.807) is 0 Å². The van der Waals surface area contributed by atoms with E-state index in [0.717, 1.165) is 6.42 Å². The molecule has 0 amide bonds. The van der Waals surface area contributed by atoms with Crippen LogP contribution in [-0.4, -0.2) is 19.6 Å². The molecule has 1 aliphatic carbocycles. The van der Waals surface area contributed by atoms with E-state index in [-0.39, 0.29) is 5.97 Å². The Morgan fingerprint density at radius 1 is 1.35 bits per heavy atom. The van der Waals surface area contributed by atoms with Gasteiger partial charge in [0.15, 0.2) is 0 Å². The van der Waals surface area contributed by atoms with E-state index in [4.69, 9.17) is 10.5 Å².